The Morgan fingerprint density at radius 1 is 1.00 bits per heavy atom. The third-order valence-electron chi connectivity index (χ3n) is 4.81. The monoisotopic (exact) mass is 427 g/mol. The summed E-state index contributed by atoms with van der Waals surface area (Å²) >= 11 is 0. The third kappa shape index (κ3) is 4.52. The molecular weight excluding hydrogens is 408 g/mol. The summed E-state index contributed by atoms with van der Waals surface area (Å²) in [5, 5.41) is 14.6. The first-order chi connectivity index (χ1) is 15.4. The van der Waals surface area contributed by atoms with Crippen LogP contribution in [0.5, 0.6) is 5.75 Å². The second-order valence-corrected chi connectivity index (χ2v) is 7.14. The van der Waals surface area contributed by atoms with Gasteiger partial charge in [-0.1, -0.05) is 24.3 Å². The standard InChI is InChI=1S/C25H20N2O5/c1-15-4-3-5-19(12-15)26-23(28)21-13-17-8-11-20(31-2)14-22(17)32-24(21)27-18-9-6-16(7-10-18)25(29)30/h3-14H,1-2H3,(H,26,28)(H,29,30)/p-1. The highest BCUT2D eigenvalue weighted by molar-refractivity contribution is 6.05. The highest BCUT2D eigenvalue weighted by atomic mass is 16.5. The third-order valence-corrected chi connectivity index (χ3v) is 4.81. The summed E-state index contributed by atoms with van der Waals surface area (Å²) in [6.45, 7) is 1.94. The van der Waals surface area contributed by atoms with E-state index in [4.69, 9.17) is 9.15 Å². The highest BCUT2D eigenvalue weighted by Gasteiger charge is 2.14. The van der Waals surface area contributed by atoms with Crippen molar-refractivity contribution in [3.8, 4) is 5.75 Å². The molecule has 0 fully saturated rings. The van der Waals surface area contributed by atoms with Crippen molar-refractivity contribution in [3.63, 3.8) is 0 Å². The second-order valence-electron chi connectivity index (χ2n) is 7.14. The lowest BCUT2D eigenvalue weighted by molar-refractivity contribution is -0.255. The molecule has 0 radical (unpaired) electrons. The van der Waals surface area contributed by atoms with E-state index in [-0.39, 0.29) is 22.6 Å². The van der Waals surface area contributed by atoms with Gasteiger partial charge in [0, 0.05) is 17.1 Å². The number of aryl methyl sites for hydroxylation is 1. The Morgan fingerprint density at radius 3 is 2.47 bits per heavy atom. The van der Waals surface area contributed by atoms with Gasteiger partial charge in [0.1, 0.15) is 16.9 Å². The molecule has 0 aliphatic carbocycles. The minimum absolute atomic E-state index is 0.0292. The average Bonchev–Trinajstić information content (AvgIpc) is 2.78. The molecule has 1 aromatic heterocycles. The fourth-order valence-corrected chi connectivity index (χ4v) is 3.18. The van der Waals surface area contributed by atoms with Crippen molar-refractivity contribution < 1.29 is 23.8 Å². The predicted octanol–water partition coefficient (Wildman–Crippen LogP) is 3.60. The molecule has 7 heteroatoms. The van der Waals surface area contributed by atoms with Gasteiger partial charge in [0.25, 0.3) is 5.91 Å². The van der Waals surface area contributed by atoms with Gasteiger partial charge in [0.15, 0.2) is 0 Å². The van der Waals surface area contributed by atoms with E-state index in [0.29, 0.717) is 28.1 Å². The first-order valence-electron chi connectivity index (χ1n) is 9.79. The summed E-state index contributed by atoms with van der Waals surface area (Å²) in [5.74, 6) is -1.07. The van der Waals surface area contributed by atoms with Gasteiger partial charge in [-0.3, -0.25) is 4.79 Å². The summed E-state index contributed by atoms with van der Waals surface area (Å²) in [7, 11) is 1.55. The minimum atomic E-state index is -1.28. The van der Waals surface area contributed by atoms with Crippen LogP contribution in [0.4, 0.5) is 11.4 Å². The largest absolute Gasteiger partial charge is 0.545 e. The van der Waals surface area contributed by atoms with E-state index in [1.54, 1.807) is 37.4 Å². The van der Waals surface area contributed by atoms with Crippen LogP contribution in [0.15, 0.2) is 82.2 Å². The summed E-state index contributed by atoms with van der Waals surface area (Å²) in [4.78, 5) is 28.5. The Labute approximate surface area is 183 Å². The van der Waals surface area contributed by atoms with E-state index < -0.39 is 5.97 Å². The lowest BCUT2D eigenvalue weighted by Crippen LogP contribution is -2.22. The number of hydrogen-bond acceptors (Lipinski definition) is 6. The van der Waals surface area contributed by atoms with Gasteiger partial charge in [0.05, 0.1) is 18.8 Å². The Morgan fingerprint density at radius 2 is 1.78 bits per heavy atom. The molecule has 32 heavy (non-hydrogen) atoms. The van der Waals surface area contributed by atoms with Gasteiger partial charge in [0.2, 0.25) is 5.55 Å². The molecule has 1 N–H and O–H groups in total. The number of carbonyl (C=O) groups is 2. The maximum absolute atomic E-state index is 13.1. The molecule has 4 aromatic rings. The predicted molar refractivity (Wildman–Crippen MR) is 118 cm³/mol. The number of methoxy groups -OCH3 is 1. The number of hydrogen-bond donors (Lipinski definition) is 1. The van der Waals surface area contributed by atoms with E-state index in [9.17, 15) is 14.7 Å². The van der Waals surface area contributed by atoms with E-state index in [1.165, 1.54) is 24.3 Å². The maximum Gasteiger partial charge on any atom is 0.261 e. The van der Waals surface area contributed by atoms with Crippen molar-refractivity contribution in [3.05, 3.63) is 95.0 Å². The van der Waals surface area contributed by atoms with Crippen molar-refractivity contribution in [1.29, 1.82) is 0 Å². The van der Waals surface area contributed by atoms with Gasteiger partial charge < -0.3 is 24.4 Å². The van der Waals surface area contributed by atoms with E-state index >= 15 is 0 Å². The molecule has 0 saturated carbocycles. The average molecular weight is 427 g/mol. The lowest BCUT2D eigenvalue weighted by Gasteiger charge is -2.08. The molecule has 0 aliphatic heterocycles. The van der Waals surface area contributed by atoms with Crippen LogP contribution in [0.1, 0.15) is 26.3 Å². The Bertz CT molecular complexity index is 1390. The first kappa shape index (κ1) is 20.9. The SMILES string of the molecule is COc1ccc2cc(C(=O)Nc3cccc(C)c3)c(=Nc3ccc(C(=O)[O-])cc3)oc2c1. The molecule has 1 amide bonds. The Kier molecular flexibility index (Phi) is 5.72. The first-order valence-corrected chi connectivity index (χ1v) is 9.79. The topological polar surface area (TPSA) is 104 Å². The maximum atomic E-state index is 13.1. The number of carboxylic acids is 1. The number of anilines is 1. The number of nitrogens with zero attached hydrogens (tertiary/aromatic N) is 1. The molecule has 0 spiro atoms. The van der Waals surface area contributed by atoms with Crippen LogP contribution >= 0.6 is 0 Å². The number of rotatable bonds is 5. The molecule has 4 rings (SSSR count). The van der Waals surface area contributed by atoms with Crippen molar-refractivity contribution in [2.45, 2.75) is 6.92 Å². The second kappa shape index (κ2) is 8.77. The summed E-state index contributed by atoms with van der Waals surface area (Å²) in [6.07, 6.45) is 0. The fourth-order valence-electron chi connectivity index (χ4n) is 3.18. The minimum Gasteiger partial charge on any atom is -0.545 e. The van der Waals surface area contributed by atoms with Crippen LogP contribution < -0.4 is 20.7 Å². The number of benzene rings is 3. The van der Waals surface area contributed by atoms with Crippen molar-refractivity contribution >= 4 is 34.2 Å². The lowest BCUT2D eigenvalue weighted by atomic mass is 10.1. The molecule has 0 aliphatic rings. The number of nitrogens with one attached hydrogen (secondary N) is 1. The fraction of sp³-hybridized carbons (Fsp3) is 0.0800. The number of ether oxygens (including phenoxy) is 1. The molecule has 0 bridgehead atoms. The molecular formula is C25H19N2O5-. The number of carbonyl (C=O) groups excluding carboxylic acids is 2. The van der Waals surface area contributed by atoms with Gasteiger partial charge in [-0.2, -0.15) is 0 Å². The smallest absolute Gasteiger partial charge is 0.261 e. The van der Waals surface area contributed by atoms with Crippen LogP contribution in [0.2, 0.25) is 0 Å². The molecule has 1 heterocycles. The zero-order valence-corrected chi connectivity index (χ0v) is 17.4. The molecule has 7 nitrogen and oxygen atoms in total. The van der Waals surface area contributed by atoms with E-state index in [2.05, 4.69) is 10.3 Å². The number of aromatic carboxylic acids is 1. The van der Waals surface area contributed by atoms with E-state index in [1.807, 2.05) is 25.1 Å². The van der Waals surface area contributed by atoms with Crippen LogP contribution in [0.3, 0.4) is 0 Å². The molecule has 0 unspecified atom stereocenters. The summed E-state index contributed by atoms with van der Waals surface area (Å²) in [6, 6.07) is 20.2. The van der Waals surface area contributed by atoms with Gasteiger partial charge in [-0.25, -0.2) is 4.99 Å². The van der Waals surface area contributed by atoms with Gasteiger partial charge in [-0.15, -0.1) is 0 Å². The highest BCUT2D eigenvalue weighted by Crippen LogP contribution is 2.22. The van der Waals surface area contributed by atoms with Gasteiger partial charge in [-0.05, 0) is 60.5 Å². The molecule has 160 valence electrons. The number of fused-ring (bicyclic) bond motifs is 1. The summed E-state index contributed by atoms with van der Waals surface area (Å²) < 4.78 is 11.2. The van der Waals surface area contributed by atoms with Crippen LogP contribution in [-0.2, 0) is 0 Å². The zero-order chi connectivity index (χ0) is 22.7. The summed E-state index contributed by atoms with van der Waals surface area (Å²) in [5.41, 5.74) is 2.91. The quantitative estimate of drug-likeness (QED) is 0.524. The molecule has 0 atom stereocenters. The van der Waals surface area contributed by atoms with Crippen molar-refractivity contribution in [2.24, 2.45) is 4.99 Å². The van der Waals surface area contributed by atoms with Crippen molar-refractivity contribution in [2.75, 3.05) is 12.4 Å². The molecule has 0 saturated heterocycles. The van der Waals surface area contributed by atoms with Gasteiger partial charge >= 0.3 is 0 Å². The zero-order valence-electron chi connectivity index (χ0n) is 17.4. The van der Waals surface area contributed by atoms with Crippen molar-refractivity contribution in [1.82, 2.24) is 0 Å². The van der Waals surface area contributed by atoms with Crippen LogP contribution in [-0.4, -0.2) is 19.0 Å². The Hall–Kier alpha value is -4.39. The number of carboxylic acid groups (broad SMARTS) is 1. The van der Waals surface area contributed by atoms with Crippen LogP contribution in [0, 0.1) is 6.92 Å². The Balaban J connectivity index is 1.83. The van der Waals surface area contributed by atoms with E-state index in [0.717, 1.165) is 5.56 Å². The van der Waals surface area contributed by atoms with Crippen LogP contribution in [0.25, 0.3) is 11.0 Å². The molecule has 3 aromatic carbocycles. The normalized spacial score (nSPS) is 11.4. The number of amides is 1.